The highest BCUT2D eigenvalue weighted by Gasteiger charge is 2.06. The number of aryl methyl sites for hydroxylation is 1. The molecule has 1 heterocycles. The van der Waals surface area contributed by atoms with Gasteiger partial charge < -0.3 is 14.6 Å². The molecule has 96 valence electrons. The first kappa shape index (κ1) is 12.9. The van der Waals surface area contributed by atoms with E-state index >= 15 is 0 Å². The Morgan fingerprint density at radius 3 is 3.00 bits per heavy atom. The number of ether oxygens (including phenoxy) is 1. The zero-order chi connectivity index (χ0) is 13.0. The lowest BCUT2D eigenvalue weighted by molar-refractivity contribution is 0.248. The summed E-state index contributed by atoms with van der Waals surface area (Å²) in [7, 11) is 1.86. The Kier molecular flexibility index (Phi) is 4.23. The van der Waals surface area contributed by atoms with Gasteiger partial charge in [-0.2, -0.15) is 0 Å². The minimum Gasteiger partial charge on any atom is -0.484 e. The van der Waals surface area contributed by atoms with Crippen LogP contribution in [0, 0.1) is 6.92 Å². The summed E-state index contributed by atoms with van der Waals surface area (Å²) in [5, 5.41) is 7.50. The van der Waals surface area contributed by atoms with E-state index in [9.17, 15) is 0 Å². The highest BCUT2D eigenvalue weighted by Crippen LogP contribution is 2.26. The number of hydrogen-bond donors (Lipinski definition) is 1. The molecule has 1 aromatic carbocycles. The summed E-state index contributed by atoms with van der Waals surface area (Å²) in [5.74, 6) is 1.33. The van der Waals surface area contributed by atoms with E-state index in [1.54, 1.807) is 0 Å². The fraction of sp³-hybridized carbons (Fsp3) is 0.308. The van der Waals surface area contributed by atoms with Gasteiger partial charge in [0.15, 0.2) is 5.76 Å². The van der Waals surface area contributed by atoms with Crippen LogP contribution < -0.4 is 10.1 Å². The van der Waals surface area contributed by atoms with Gasteiger partial charge in [-0.3, -0.25) is 0 Å². The molecule has 0 spiro atoms. The van der Waals surface area contributed by atoms with Crippen molar-refractivity contribution >= 4 is 11.6 Å². The zero-order valence-electron chi connectivity index (χ0n) is 10.4. The standard InChI is InChI=1S/C13H15ClN2O2/c1-9-3-4-12(14)13(5-9)17-8-11-6-10(7-15-2)16-18-11/h3-6,15H,7-8H2,1-2H3. The van der Waals surface area contributed by atoms with E-state index in [-0.39, 0.29) is 0 Å². The second-order valence-electron chi connectivity index (χ2n) is 4.04. The lowest BCUT2D eigenvalue weighted by Crippen LogP contribution is -2.04. The molecule has 0 fully saturated rings. The summed E-state index contributed by atoms with van der Waals surface area (Å²) < 4.78 is 10.8. The summed E-state index contributed by atoms with van der Waals surface area (Å²) in [4.78, 5) is 0. The first-order valence-corrected chi connectivity index (χ1v) is 6.05. The molecule has 1 aromatic heterocycles. The molecule has 0 amide bonds. The molecule has 5 heteroatoms. The number of benzene rings is 1. The highest BCUT2D eigenvalue weighted by atomic mass is 35.5. The predicted octanol–water partition coefficient (Wildman–Crippen LogP) is 2.93. The van der Waals surface area contributed by atoms with Crippen LogP contribution in [0.4, 0.5) is 0 Å². The normalized spacial score (nSPS) is 10.6. The van der Waals surface area contributed by atoms with Crippen LogP contribution in [0.1, 0.15) is 17.0 Å². The Morgan fingerprint density at radius 1 is 1.39 bits per heavy atom. The van der Waals surface area contributed by atoms with Gasteiger partial charge in [0.05, 0.1) is 10.7 Å². The molecule has 0 aliphatic carbocycles. The number of nitrogens with one attached hydrogen (secondary N) is 1. The van der Waals surface area contributed by atoms with Gasteiger partial charge in [0.1, 0.15) is 12.4 Å². The predicted molar refractivity (Wildman–Crippen MR) is 69.8 cm³/mol. The van der Waals surface area contributed by atoms with Gasteiger partial charge in [-0.1, -0.05) is 22.8 Å². The van der Waals surface area contributed by atoms with Crippen molar-refractivity contribution in [3.63, 3.8) is 0 Å². The maximum atomic E-state index is 6.04. The average Bonchev–Trinajstić information content (AvgIpc) is 2.79. The van der Waals surface area contributed by atoms with Crippen LogP contribution in [0.25, 0.3) is 0 Å². The van der Waals surface area contributed by atoms with Gasteiger partial charge in [-0.05, 0) is 31.7 Å². The SMILES string of the molecule is CNCc1cc(COc2cc(C)ccc2Cl)on1. The third-order valence-corrected chi connectivity index (χ3v) is 2.73. The molecule has 18 heavy (non-hydrogen) atoms. The molecule has 2 rings (SSSR count). The third-order valence-electron chi connectivity index (χ3n) is 2.42. The van der Waals surface area contributed by atoms with E-state index in [1.807, 2.05) is 38.2 Å². The second kappa shape index (κ2) is 5.89. The van der Waals surface area contributed by atoms with Crippen molar-refractivity contribution < 1.29 is 9.26 Å². The topological polar surface area (TPSA) is 47.3 Å². The maximum absolute atomic E-state index is 6.04. The number of nitrogens with zero attached hydrogens (tertiary/aromatic N) is 1. The quantitative estimate of drug-likeness (QED) is 0.904. The lowest BCUT2D eigenvalue weighted by atomic mass is 10.2. The smallest absolute Gasteiger partial charge is 0.174 e. The van der Waals surface area contributed by atoms with Crippen LogP contribution in [0.2, 0.25) is 5.02 Å². The molecule has 0 aliphatic rings. The van der Waals surface area contributed by atoms with Gasteiger partial charge >= 0.3 is 0 Å². The third kappa shape index (κ3) is 3.24. The number of halogens is 1. The van der Waals surface area contributed by atoms with E-state index in [4.69, 9.17) is 20.9 Å². The Bertz CT molecular complexity index is 525. The van der Waals surface area contributed by atoms with E-state index in [0.29, 0.717) is 29.7 Å². The van der Waals surface area contributed by atoms with Gasteiger partial charge in [0.2, 0.25) is 0 Å². The van der Waals surface area contributed by atoms with Gasteiger partial charge in [-0.15, -0.1) is 0 Å². The lowest BCUT2D eigenvalue weighted by Gasteiger charge is -2.06. The van der Waals surface area contributed by atoms with Crippen molar-refractivity contribution in [3.8, 4) is 5.75 Å². The van der Waals surface area contributed by atoms with Crippen LogP contribution >= 0.6 is 11.6 Å². The number of aromatic nitrogens is 1. The fourth-order valence-corrected chi connectivity index (χ4v) is 1.73. The molecule has 0 saturated carbocycles. The van der Waals surface area contributed by atoms with Crippen LogP contribution in [-0.4, -0.2) is 12.2 Å². The Balaban J connectivity index is 1.99. The van der Waals surface area contributed by atoms with Crippen LogP contribution in [0.15, 0.2) is 28.8 Å². The highest BCUT2D eigenvalue weighted by molar-refractivity contribution is 6.32. The van der Waals surface area contributed by atoms with Crippen molar-refractivity contribution in [2.45, 2.75) is 20.1 Å². The largest absolute Gasteiger partial charge is 0.484 e. The summed E-state index contributed by atoms with van der Waals surface area (Å²) in [5.41, 5.74) is 1.95. The summed E-state index contributed by atoms with van der Waals surface area (Å²) in [6.45, 7) is 2.98. The second-order valence-corrected chi connectivity index (χ2v) is 4.44. The van der Waals surface area contributed by atoms with Crippen molar-refractivity contribution in [1.82, 2.24) is 10.5 Å². The number of rotatable bonds is 5. The summed E-state index contributed by atoms with van der Waals surface area (Å²) in [6, 6.07) is 7.51. The molecule has 2 aromatic rings. The van der Waals surface area contributed by atoms with Gasteiger partial charge in [-0.25, -0.2) is 0 Å². The molecule has 0 bridgehead atoms. The van der Waals surface area contributed by atoms with E-state index in [2.05, 4.69) is 10.5 Å². The minimum absolute atomic E-state index is 0.319. The Hall–Kier alpha value is -1.52. The first-order chi connectivity index (χ1) is 8.69. The van der Waals surface area contributed by atoms with Gasteiger partial charge in [0.25, 0.3) is 0 Å². The van der Waals surface area contributed by atoms with Crippen LogP contribution in [0.5, 0.6) is 5.75 Å². The van der Waals surface area contributed by atoms with Crippen molar-refractivity contribution in [2.75, 3.05) is 7.05 Å². The van der Waals surface area contributed by atoms with Crippen molar-refractivity contribution in [1.29, 1.82) is 0 Å². The monoisotopic (exact) mass is 266 g/mol. The van der Waals surface area contributed by atoms with E-state index in [1.165, 1.54) is 0 Å². The molecular weight excluding hydrogens is 252 g/mol. The molecule has 1 N–H and O–H groups in total. The summed E-state index contributed by atoms with van der Waals surface area (Å²) in [6.07, 6.45) is 0. The fourth-order valence-electron chi connectivity index (χ4n) is 1.56. The molecule has 0 unspecified atom stereocenters. The zero-order valence-corrected chi connectivity index (χ0v) is 11.1. The number of hydrogen-bond acceptors (Lipinski definition) is 4. The average molecular weight is 267 g/mol. The Morgan fingerprint density at radius 2 is 2.22 bits per heavy atom. The minimum atomic E-state index is 0.319. The molecular formula is C13H15ClN2O2. The molecule has 0 aliphatic heterocycles. The Labute approximate surface area is 111 Å². The van der Waals surface area contributed by atoms with E-state index < -0.39 is 0 Å². The first-order valence-electron chi connectivity index (χ1n) is 5.67. The molecule has 4 nitrogen and oxygen atoms in total. The summed E-state index contributed by atoms with van der Waals surface area (Å²) >= 11 is 6.04. The van der Waals surface area contributed by atoms with Crippen LogP contribution in [-0.2, 0) is 13.2 Å². The van der Waals surface area contributed by atoms with E-state index in [0.717, 1.165) is 11.3 Å². The molecule has 0 saturated heterocycles. The maximum Gasteiger partial charge on any atom is 0.174 e. The molecule has 0 radical (unpaired) electrons. The van der Waals surface area contributed by atoms with Gasteiger partial charge in [0, 0.05) is 12.6 Å². The van der Waals surface area contributed by atoms with Crippen molar-refractivity contribution in [3.05, 3.63) is 46.3 Å². The molecule has 0 atom stereocenters. The van der Waals surface area contributed by atoms with Crippen LogP contribution in [0.3, 0.4) is 0 Å². The van der Waals surface area contributed by atoms with Crippen molar-refractivity contribution in [2.24, 2.45) is 0 Å².